The Kier molecular flexibility index (Phi) is 5.16. The quantitative estimate of drug-likeness (QED) is 0.645. The number of thioether (sulfide) groups is 1. The van der Waals surface area contributed by atoms with Crippen molar-refractivity contribution in [2.24, 2.45) is 5.73 Å². The molecule has 5 heteroatoms. The molecule has 1 aliphatic rings. The standard InChI is InChI=1S/C15H20N2O2S/c1-15(17,11-16)6-2-3-9-20-12-4-5-13-14(10-12)19-8-7-18-13/h4-5,10H,2-3,6-9,17H2,1H3. The summed E-state index contributed by atoms with van der Waals surface area (Å²) in [6.07, 6.45) is 2.76. The Balaban J connectivity index is 1.74. The maximum atomic E-state index is 8.84. The zero-order valence-electron chi connectivity index (χ0n) is 11.7. The Morgan fingerprint density at radius 3 is 2.80 bits per heavy atom. The lowest BCUT2D eigenvalue weighted by Gasteiger charge is -2.18. The molecule has 108 valence electrons. The number of hydrogen-bond acceptors (Lipinski definition) is 5. The van der Waals surface area contributed by atoms with E-state index in [2.05, 4.69) is 12.1 Å². The lowest BCUT2D eigenvalue weighted by Crippen LogP contribution is -2.33. The third kappa shape index (κ3) is 4.32. The molecule has 1 heterocycles. The highest BCUT2D eigenvalue weighted by Gasteiger charge is 2.16. The first-order valence-corrected chi connectivity index (χ1v) is 7.82. The van der Waals surface area contributed by atoms with Crippen molar-refractivity contribution in [3.05, 3.63) is 18.2 Å². The van der Waals surface area contributed by atoms with Crippen molar-refractivity contribution in [2.75, 3.05) is 19.0 Å². The van der Waals surface area contributed by atoms with Crippen LogP contribution in [-0.4, -0.2) is 24.5 Å². The number of fused-ring (bicyclic) bond motifs is 1. The molecule has 0 spiro atoms. The third-order valence-electron chi connectivity index (χ3n) is 3.13. The maximum Gasteiger partial charge on any atom is 0.162 e. The van der Waals surface area contributed by atoms with Crippen LogP contribution in [0.1, 0.15) is 26.2 Å². The molecule has 1 aromatic carbocycles. The normalized spacial score (nSPS) is 16.2. The fourth-order valence-electron chi connectivity index (χ4n) is 1.95. The van der Waals surface area contributed by atoms with Crippen LogP contribution >= 0.6 is 11.8 Å². The molecule has 0 amide bonds. The van der Waals surface area contributed by atoms with Gasteiger partial charge in [-0.2, -0.15) is 5.26 Å². The van der Waals surface area contributed by atoms with Gasteiger partial charge in [-0.15, -0.1) is 11.8 Å². The molecular formula is C15H20N2O2S. The SMILES string of the molecule is CC(N)(C#N)CCCCSc1ccc2c(c1)OCCO2. The predicted molar refractivity (Wildman–Crippen MR) is 80.2 cm³/mol. The number of nitriles is 1. The van der Waals surface area contributed by atoms with E-state index < -0.39 is 5.54 Å². The van der Waals surface area contributed by atoms with E-state index >= 15 is 0 Å². The van der Waals surface area contributed by atoms with Crippen molar-refractivity contribution in [3.63, 3.8) is 0 Å². The van der Waals surface area contributed by atoms with Gasteiger partial charge in [0.15, 0.2) is 11.5 Å². The molecule has 2 rings (SSSR count). The van der Waals surface area contributed by atoms with Gasteiger partial charge in [0.2, 0.25) is 0 Å². The van der Waals surface area contributed by atoms with E-state index in [1.807, 2.05) is 12.1 Å². The van der Waals surface area contributed by atoms with Gasteiger partial charge in [0.1, 0.15) is 18.8 Å². The molecule has 0 aromatic heterocycles. The molecule has 0 fully saturated rings. The fraction of sp³-hybridized carbons (Fsp3) is 0.533. The summed E-state index contributed by atoms with van der Waals surface area (Å²) in [6.45, 7) is 3.02. The van der Waals surface area contributed by atoms with Crippen LogP contribution in [-0.2, 0) is 0 Å². The van der Waals surface area contributed by atoms with Gasteiger partial charge < -0.3 is 15.2 Å². The highest BCUT2D eigenvalue weighted by molar-refractivity contribution is 7.99. The van der Waals surface area contributed by atoms with Gasteiger partial charge >= 0.3 is 0 Å². The van der Waals surface area contributed by atoms with Gasteiger partial charge in [-0.25, -0.2) is 0 Å². The highest BCUT2D eigenvalue weighted by atomic mass is 32.2. The number of ether oxygens (including phenoxy) is 2. The zero-order valence-corrected chi connectivity index (χ0v) is 12.5. The van der Waals surface area contributed by atoms with Crippen LogP contribution in [0.4, 0.5) is 0 Å². The van der Waals surface area contributed by atoms with Crippen molar-refractivity contribution in [3.8, 4) is 17.6 Å². The first-order chi connectivity index (χ1) is 9.61. The maximum absolute atomic E-state index is 8.84. The molecule has 0 aliphatic carbocycles. The summed E-state index contributed by atoms with van der Waals surface area (Å²) in [5.41, 5.74) is 5.09. The Morgan fingerprint density at radius 1 is 1.30 bits per heavy atom. The molecule has 1 aromatic rings. The number of hydrogen-bond donors (Lipinski definition) is 1. The summed E-state index contributed by atoms with van der Waals surface area (Å²) in [5, 5.41) is 8.84. The Morgan fingerprint density at radius 2 is 2.05 bits per heavy atom. The van der Waals surface area contributed by atoms with Crippen LogP contribution in [0.2, 0.25) is 0 Å². The zero-order chi connectivity index (χ0) is 14.4. The topological polar surface area (TPSA) is 68.3 Å². The average Bonchev–Trinajstić information content (AvgIpc) is 2.46. The monoisotopic (exact) mass is 292 g/mol. The summed E-state index contributed by atoms with van der Waals surface area (Å²) in [6, 6.07) is 8.17. The molecule has 20 heavy (non-hydrogen) atoms. The molecule has 4 nitrogen and oxygen atoms in total. The summed E-state index contributed by atoms with van der Waals surface area (Å²) in [4.78, 5) is 1.19. The molecular weight excluding hydrogens is 272 g/mol. The molecule has 0 saturated carbocycles. The largest absolute Gasteiger partial charge is 0.486 e. The van der Waals surface area contributed by atoms with Crippen LogP contribution in [0.3, 0.4) is 0 Å². The molecule has 2 N–H and O–H groups in total. The molecule has 1 atom stereocenters. The Bertz CT molecular complexity index is 497. The van der Waals surface area contributed by atoms with E-state index in [9.17, 15) is 0 Å². The first-order valence-electron chi connectivity index (χ1n) is 6.83. The highest BCUT2D eigenvalue weighted by Crippen LogP contribution is 2.34. The van der Waals surface area contributed by atoms with Crippen molar-refractivity contribution >= 4 is 11.8 Å². The minimum absolute atomic E-state index is 0.615. The number of rotatable bonds is 6. The van der Waals surface area contributed by atoms with E-state index in [1.54, 1.807) is 18.7 Å². The van der Waals surface area contributed by atoms with Crippen molar-refractivity contribution in [1.29, 1.82) is 5.26 Å². The molecule has 1 aliphatic heterocycles. The number of benzene rings is 1. The van der Waals surface area contributed by atoms with Gasteiger partial charge in [-0.1, -0.05) is 0 Å². The molecule has 0 bridgehead atoms. The van der Waals surface area contributed by atoms with Crippen molar-refractivity contribution < 1.29 is 9.47 Å². The minimum Gasteiger partial charge on any atom is -0.486 e. The fourth-order valence-corrected chi connectivity index (χ4v) is 2.89. The van der Waals surface area contributed by atoms with E-state index in [1.165, 1.54) is 4.90 Å². The van der Waals surface area contributed by atoms with Crippen LogP contribution in [0.15, 0.2) is 23.1 Å². The second-order valence-electron chi connectivity index (χ2n) is 5.14. The van der Waals surface area contributed by atoms with E-state index in [0.29, 0.717) is 13.2 Å². The van der Waals surface area contributed by atoms with Crippen molar-refractivity contribution in [1.82, 2.24) is 0 Å². The van der Waals surface area contributed by atoms with Gasteiger partial charge in [0.25, 0.3) is 0 Å². The van der Waals surface area contributed by atoms with E-state index in [4.69, 9.17) is 20.5 Å². The van der Waals surface area contributed by atoms with E-state index in [0.717, 1.165) is 36.5 Å². The number of nitrogens with two attached hydrogens (primary N) is 1. The third-order valence-corrected chi connectivity index (χ3v) is 4.21. The van der Waals surface area contributed by atoms with E-state index in [-0.39, 0.29) is 0 Å². The van der Waals surface area contributed by atoms with Crippen LogP contribution in [0.25, 0.3) is 0 Å². The van der Waals surface area contributed by atoms with Gasteiger partial charge in [-0.3, -0.25) is 0 Å². The first kappa shape index (κ1) is 15.0. The van der Waals surface area contributed by atoms with Gasteiger partial charge in [0, 0.05) is 4.90 Å². The molecule has 0 radical (unpaired) electrons. The summed E-state index contributed by atoms with van der Waals surface area (Å²) in [5.74, 6) is 2.68. The summed E-state index contributed by atoms with van der Waals surface area (Å²) >= 11 is 1.79. The van der Waals surface area contributed by atoms with Crippen LogP contribution in [0.5, 0.6) is 11.5 Å². The van der Waals surface area contributed by atoms with Crippen LogP contribution in [0, 0.1) is 11.3 Å². The van der Waals surface area contributed by atoms with Gasteiger partial charge in [0.05, 0.1) is 6.07 Å². The van der Waals surface area contributed by atoms with Gasteiger partial charge in [-0.05, 0) is 50.1 Å². The second-order valence-corrected chi connectivity index (χ2v) is 6.31. The Hall–Kier alpha value is -1.38. The lowest BCUT2D eigenvalue weighted by atomic mass is 9.99. The van der Waals surface area contributed by atoms with Crippen LogP contribution < -0.4 is 15.2 Å². The Labute approximate surface area is 124 Å². The predicted octanol–water partition coefficient (Wildman–Crippen LogP) is 2.96. The molecule has 1 unspecified atom stereocenters. The number of nitrogens with zero attached hydrogens (tertiary/aromatic N) is 1. The average molecular weight is 292 g/mol. The lowest BCUT2D eigenvalue weighted by molar-refractivity contribution is 0.171. The van der Waals surface area contributed by atoms with Crippen molar-refractivity contribution in [2.45, 2.75) is 36.6 Å². The summed E-state index contributed by atoms with van der Waals surface area (Å²) < 4.78 is 11.1. The number of unbranched alkanes of at least 4 members (excludes halogenated alkanes) is 1. The summed E-state index contributed by atoms with van der Waals surface area (Å²) in [7, 11) is 0. The minimum atomic E-state index is -0.693. The smallest absolute Gasteiger partial charge is 0.162 e. The molecule has 0 saturated heterocycles. The second kappa shape index (κ2) is 6.87.